The van der Waals surface area contributed by atoms with E-state index >= 15 is 0 Å². The molecule has 0 aromatic carbocycles. The molecule has 2 saturated heterocycles. The van der Waals surface area contributed by atoms with Crippen LogP contribution in [0.15, 0.2) is 24.7 Å². The number of amides is 1. The molecule has 3 fully saturated rings. The van der Waals surface area contributed by atoms with Gasteiger partial charge in [0.2, 0.25) is 11.9 Å². The van der Waals surface area contributed by atoms with Crippen molar-refractivity contribution < 1.29 is 19.4 Å². The fourth-order valence-corrected chi connectivity index (χ4v) is 6.47. The molecule has 5 heterocycles. The Morgan fingerprint density at radius 2 is 2.05 bits per heavy atom. The highest BCUT2D eigenvalue weighted by atomic mass is 16.5. The molecular weight excluding hydrogens is 510 g/mol. The number of nitrogens with one attached hydrogen (secondary N) is 1. The maximum absolute atomic E-state index is 13.6. The summed E-state index contributed by atoms with van der Waals surface area (Å²) in [4.78, 5) is 20.2. The van der Waals surface area contributed by atoms with E-state index in [2.05, 4.69) is 21.5 Å². The van der Waals surface area contributed by atoms with Crippen molar-refractivity contribution in [2.45, 2.75) is 76.5 Å². The SMILES string of the molecule is COC[C@H](C)Nc1ncc2c(-c3cnn(C(C)(C)C(=O)N4CCC5(COC5)C4)c3)cc([C@H]3CC[C@H](O)CC3)n2n1. The first-order valence-corrected chi connectivity index (χ1v) is 14.4. The number of ether oxygens (including phenoxy) is 2. The Labute approximate surface area is 234 Å². The standard InChI is InChI=1S/C29H41N7O4/c1-19(15-39-4)32-27-30-13-25-23(11-24(36(25)33-27)20-5-7-22(37)8-6-20)21-12-31-35(14-21)28(2,3)26(38)34-10-9-29(16-34)17-40-18-29/h11-14,19-20,22,37H,5-10,15-18H2,1-4H3,(H,32,33)/t19-,20-,22-/m0/s1. The van der Waals surface area contributed by atoms with Crippen LogP contribution in [0.3, 0.4) is 0 Å². The van der Waals surface area contributed by atoms with Crippen molar-refractivity contribution in [1.29, 1.82) is 0 Å². The average molecular weight is 552 g/mol. The van der Waals surface area contributed by atoms with Crippen molar-refractivity contribution in [3.63, 3.8) is 0 Å². The van der Waals surface area contributed by atoms with Crippen molar-refractivity contribution in [3.8, 4) is 11.1 Å². The number of anilines is 1. The lowest BCUT2D eigenvalue weighted by molar-refractivity contribution is -0.142. The zero-order valence-corrected chi connectivity index (χ0v) is 24.0. The van der Waals surface area contributed by atoms with Crippen LogP contribution in [-0.4, -0.2) is 92.5 Å². The maximum Gasteiger partial charge on any atom is 0.249 e. The third-order valence-corrected chi connectivity index (χ3v) is 8.98. The molecule has 0 bridgehead atoms. The molecular formula is C29H41N7O4. The van der Waals surface area contributed by atoms with Gasteiger partial charge < -0.3 is 24.8 Å². The van der Waals surface area contributed by atoms with Crippen LogP contribution in [0.25, 0.3) is 16.6 Å². The van der Waals surface area contributed by atoms with Gasteiger partial charge in [0.1, 0.15) is 5.54 Å². The Bertz CT molecular complexity index is 1370. The van der Waals surface area contributed by atoms with Crippen molar-refractivity contribution in [1.82, 2.24) is 29.3 Å². The number of methoxy groups -OCH3 is 1. The van der Waals surface area contributed by atoms with E-state index in [1.807, 2.05) is 48.8 Å². The van der Waals surface area contributed by atoms with Gasteiger partial charge in [-0.2, -0.15) is 5.10 Å². The van der Waals surface area contributed by atoms with Gasteiger partial charge in [-0.25, -0.2) is 9.50 Å². The Morgan fingerprint density at radius 1 is 1.27 bits per heavy atom. The van der Waals surface area contributed by atoms with E-state index in [1.165, 1.54) is 0 Å². The van der Waals surface area contributed by atoms with E-state index in [1.54, 1.807) is 11.8 Å². The lowest BCUT2D eigenvalue weighted by Gasteiger charge is -2.38. The topological polar surface area (TPSA) is 119 Å². The molecule has 11 nitrogen and oxygen atoms in total. The minimum Gasteiger partial charge on any atom is -0.393 e. The Hall–Kier alpha value is -3.02. The molecule has 40 heavy (non-hydrogen) atoms. The number of carbonyl (C=O) groups excluding carboxylic acids is 1. The molecule has 1 saturated carbocycles. The van der Waals surface area contributed by atoms with E-state index in [4.69, 9.17) is 14.6 Å². The van der Waals surface area contributed by atoms with Crippen LogP contribution in [0.1, 0.15) is 64.5 Å². The molecule has 11 heteroatoms. The van der Waals surface area contributed by atoms with E-state index in [0.29, 0.717) is 12.6 Å². The molecule has 1 spiro atoms. The van der Waals surface area contributed by atoms with Gasteiger partial charge >= 0.3 is 0 Å². The molecule has 1 amide bonds. The van der Waals surface area contributed by atoms with Crippen LogP contribution in [0.5, 0.6) is 0 Å². The van der Waals surface area contributed by atoms with Crippen molar-refractivity contribution in [2.75, 3.05) is 45.3 Å². The summed E-state index contributed by atoms with van der Waals surface area (Å²) in [7, 11) is 1.68. The third kappa shape index (κ3) is 4.88. The van der Waals surface area contributed by atoms with Crippen LogP contribution in [0.4, 0.5) is 5.95 Å². The van der Waals surface area contributed by atoms with Gasteiger partial charge in [0.15, 0.2) is 0 Å². The van der Waals surface area contributed by atoms with Gasteiger partial charge in [-0.1, -0.05) is 0 Å². The Balaban J connectivity index is 1.31. The van der Waals surface area contributed by atoms with Crippen LogP contribution < -0.4 is 5.32 Å². The van der Waals surface area contributed by atoms with Crippen molar-refractivity contribution in [2.24, 2.45) is 5.41 Å². The maximum atomic E-state index is 13.6. The highest BCUT2D eigenvalue weighted by Crippen LogP contribution is 2.40. The predicted molar refractivity (Wildman–Crippen MR) is 150 cm³/mol. The molecule has 3 aromatic heterocycles. The molecule has 2 N–H and O–H groups in total. The van der Waals surface area contributed by atoms with Gasteiger partial charge in [-0.15, -0.1) is 5.10 Å². The zero-order valence-electron chi connectivity index (χ0n) is 24.0. The first kappa shape index (κ1) is 27.2. The number of aliphatic hydroxyl groups excluding tert-OH is 1. The molecule has 0 unspecified atom stereocenters. The normalized spacial score (nSPS) is 23.5. The number of hydrogen-bond donors (Lipinski definition) is 2. The minimum absolute atomic E-state index is 0.0612. The van der Waals surface area contributed by atoms with Crippen LogP contribution in [-0.2, 0) is 19.8 Å². The molecule has 216 valence electrons. The first-order valence-electron chi connectivity index (χ1n) is 14.4. The predicted octanol–water partition coefficient (Wildman–Crippen LogP) is 3.04. The second kappa shape index (κ2) is 10.4. The summed E-state index contributed by atoms with van der Waals surface area (Å²) >= 11 is 0. The summed E-state index contributed by atoms with van der Waals surface area (Å²) in [6.07, 6.45) is 9.79. The number of hydrogen-bond acceptors (Lipinski definition) is 8. The lowest BCUT2D eigenvalue weighted by atomic mass is 9.85. The highest BCUT2D eigenvalue weighted by Gasteiger charge is 2.48. The molecule has 3 aliphatic rings. The second-order valence-corrected chi connectivity index (χ2v) is 12.6. The number of aromatic nitrogens is 5. The number of likely N-dealkylation sites (tertiary alicyclic amines) is 1. The molecule has 2 aliphatic heterocycles. The number of fused-ring (bicyclic) bond motifs is 1. The van der Waals surface area contributed by atoms with E-state index in [9.17, 15) is 9.90 Å². The van der Waals surface area contributed by atoms with Gasteiger partial charge in [0, 0.05) is 60.6 Å². The fourth-order valence-electron chi connectivity index (χ4n) is 6.47. The smallest absolute Gasteiger partial charge is 0.249 e. The van der Waals surface area contributed by atoms with Gasteiger partial charge in [-0.05, 0) is 58.9 Å². The highest BCUT2D eigenvalue weighted by molar-refractivity contribution is 5.85. The summed E-state index contributed by atoms with van der Waals surface area (Å²) in [6.45, 7) is 9.46. The summed E-state index contributed by atoms with van der Waals surface area (Å²) in [5.74, 6) is 0.909. The third-order valence-electron chi connectivity index (χ3n) is 8.98. The second-order valence-electron chi connectivity index (χ2n) is 12.6. The summed E-state index contributed by atoms with van der Waals surface area (Å²) in [5, 5.41) is 23.0. The fraction of sp³-hybridized carbons (Fsp3) is 0.655. The van der Waals surface area contributed by atoms with E-state index < -0.39 is 5.54 Å². The van der Waals surface area contributed by atoms with E-state index in [-0.39, 0.29) is 29.4 Å². The molecule has 1 atom stereocenters. The first-order chi connectivity index (χ1) is 19.2. The van der Waals surface area contributed by atoms with Gasteiger partial charge in [0.25, 0.3) is 0 Å². The minimum atomic E-state index is -0.822. The molecule has 6 rings (SSSR count). The average Bonchev–Trinajstić information content (AvgIpc) is 3.66. The van der Waals surface area contributed by atoms with Gasteiger partial charge in [0.05, 0.1) is 43.8 Å². The zero-order chi connectivity index (χ0) is 28.1. The monoisotopic (exact) mass is 551 g/mol. The largest absolute Gasteiger partial charge is 0.393 e. The summed E-state index contributed by atoms with van der Waals surface area (Å²) in [5.41, 5.74) is 3.22. The quantitative estimate of drug-likeness (QED) is 0.439. The lowest BCUT2D eigenvalue weighted by Crippen LogP contribution is -2.50. The number of aliphatic hydroxyl groups is 1. The Kier molecular flexibility index (Phi) is 7.08. The van der Waals surface area contributed by atoms with Gasteiger partial charge in [-0.3, -0.25) is 9.48 Å². The molecule has 1 aliphatic carbocycles. The van der Waals surface area contributed by atoms with Crippen molar-refractivity contribution >= 4 is 17.4 Å². The number of rotatable bonds is 8. The summed E-state index contributed by atoms with van der Waals surface area (Å²) in [6, 6.07) is 2.25. The number of carbonyl (C=O) groups is 1. The van der Waals surface area contributed by atoms with E-state index in [0.717, 1.165) is 80.7 Å². The van der Waals surface area contributed by atoms with Crippen LogP contribution in [0.2, 0.25) is 0 Å². The Morgan fingerprint density at radius 3 is 2.73 bits per heavy atom. The molecule has 0 radical (unpaired) electrons. The van der Waals surface area contributed by atoms with Crippen molar-refractivity contribution in [3.05, 3.63) is 30.4 Å². The number of nitrogens with zero attached hydrogens (tertiary/aromatic N) is 6. The summed E-state index contributed by atoms with van der Waals surface area (Å²) < 4.78 is 14.5. The van der Waals surface area contributed by atoms with Crippen LogP contribution in [0, 0.1) is 5.41 Å². The molecule has 3 aromatic rings. The van der Waals surface area contributed by atoms with Crippen LogP contribution >= 0.6 is 0 Å².